The molecule has 0 fully saturated rings. The Morgan fingerprint density at radius 1 is 1.35 bits per heavy atom. The van der Waals surface area contributed by atoms with Crippen LogP contribution in [0.1, 0.15) is 21.5 Å². The number of nitrogen functional groups attached to an aromatic ring is 1. The molecule has 5 heteroatoms. The van der Waals surface area contributed by atoms with E-state index in [-0.39, 0.29) is 17.9 Å². The van der Waals surface area contributed by atoms with Crippen molar-refractivity contribution in [3.63, 3.8) is 0 Å². The standard InChI is InChI=1S/C15H14ClNO3/c1-9-7-11(5-6-12(9)16)20-8-10-3-2-4-13(17)14(10)15(18)19/h2-7H,8,17H2,1H3,(H,18,19). The fraction of sp³-hybridized carbons (Fsp3) is 0.133. The van der Waals surface area contributed by atoms with Gasteiger partial charge in [0.25, 0.3) is 0 Å². The van der Waals surface area contributed by atoms with Crippen LogP contribution in [0.5, 0.6) is 5.75 Å². The lowest BCUT2D eigenvalue weighted by molar-refractivity contribution is 0.0695. The summed E-state index contributed by atoms with van der Waals surface area (Å²) in [6.07, 6.45) is 0. The smallest absolute Gasteiger partial charge is 0.338 e. The Balaban J connectivity index is 2.21. The minimum Gasteiger partial charge on any atom is -0.489 e. The van der Waals surface area contributed by atoms with Gasteiger partial charge in [0.05, 0.1) is 5.56 Å². The highest BCUT2D eigenvalue weighted by Crippen LogP contribution is 2.23. The van der Waals surface area contributed by atoms with E-state index in [9.17, 15) is 9.90 Å². The zero-order valence-corrected chi connectivity index (χ0v) is 11.6. The monoisotopic (exact) mass is 291 g/mol. The molecule has 0 aliphatic heterocycles. The van der Waals surface area contributed by atoms with E-state index in [1.807, 2.05) is 6.92 Å². The van der Waals surface area contributed by atoms with Crippen LogP contribution in [0.15, 0.2) is 36.4 Å². The second-order valence-electron chi connectivity index (χ2n) is 4.39. The van der Waals surface area contributed by atoms with Crippen LogP contribution in [0.25, 0.3) is 0 Å². The summed E-state index contributed by atoms with van der Waals surface area (Å²) in [6.45, 7) is 2.01. The molecule has 0 unspecified atom stereocenters. The van der Waals surface area contributed by atoms with E-state index in [4.69, 9.17) is 22.1 Å². The van der Waals surface area contributed by atoms with Crippen molar-refractivity contribution in [2.75, 3.05) is 5.73 Å². The summed E-state index contributed by atoms with van der Waals surface area (Å²) in [4.78, 5) is 11.2. The van der Waals surface area contributed by atoms with Crippen molar-refractivity contribution in [2.45, 2.75) is 13.5 Å². The van der Waals surface area contributed by atoms with E-state index in [0.29, 0.717) is 16.3 Å². The minimum absolute atomic E-state index is 0.0817. The van der Waals surface area contributed by atoms with E-state index in [2.05, 4.69) is 0 Å². The number of carboxylic acid groups (broad SMARTS) is 1. The van der Waals surface area contributed by atoms with Gasteiger partial charge in [-0.2, -0.15) is 0 Å². The van der Waals surface area contributed by atoms with E-state index in [0.717, 1.165) is 5.56 Å². The van der Waals surface area contributed by atoms with Crippen molar-refractivity contribution in [1.82, 2.24) is 0 Å². The van der Waals surface area contributed by atoms with E-state index >= 15 is 0 Å². The second kappa shape index (κ2) is 5.84. The molecule has 2 aromatic rings. The highest BCUT2D eigenvalue weighted by molar-refractivity contribution is 6.31. The van der Waals surface area contributed by atoms with Crippen LogP contribution in [-0.2, 0) is 6.61 Å². The van der Waals surface area contributed by atoms with E-state index in [1.54, 1.807) is 36.4 Å². The fourth-order valence-electron chi connectivity index (χ4n) is 1.87. The van der Waals surface area contributed by atoms with Gasteiger partial charge >= 0.3 is 5.97 Å². The third-order valence-electron chi connectivity index (χ3n) is 2.92. The Bertz CT molecular complexity index is 656. The molecule has 0 aliphatic rings. The molecule has 0 saturated carbocycles. The first-order valence-electron chi connectivity index (χ1n) is 5.98. The van der Waals surface area contributed by atoms with Crippen LogP contribution in [0.3, 0.4) is 0 Å². The highest BCUT2D eigenvalue weighted by atomic mass is 35.5. The van der Waals surface area contributed by atoms with Gasteiger partial charge in [-0.3, -0.25) is 0 Å². The van der Waals surface area contributed by atoms with Crippen molar-refractivity contribution in [3.8, 4) is 5.75 Å². The molecule has 0 aliphatic carbocycles. The predicted molar refractivity (Wildman–Crippen MR) is 78.3 cm³/mol. The number of hydrogen-bond acceptors (Lipinski definition) is 3. The number of aromatic carboxylic acids is 1. The number of anilines is 1. The van der Waals surface area contributed by atoms with Gasteiger partial charge in [-0.1, -0.05) is 23.7 Å². The van der Waals surface area contributed by atoms with Gasteiger partial charge in [-0.05, 0) is 36.8 Å². The van der Waals surface area contributed by atoms with Crippen molar-refractivity contribution in [3.05, 3.63) is 58.1 Å². The summed E-state index contributed by atoms with van der Waals surface area (Å²) in [5, 5.41) is 9.83. The Morgan fingerprint density at radius 2 is 2.10 bits per heavy atom. The zero-order valence-electron chi connectivity index (χ0n) is 10.9. The number of hydrogen-bond donors (Lipinski definition) is 2. The summed E-state index contributed by atoms with van der Waals surface area (Å²) < 4.78 is 5.60. The molecule has 0 atom stereocenters. The zero-order chi connectivity index (χ0) is 14.7. The second-order valence-corrected chi connectivity index (χ2v) is 4.79. The Hall–Kier alpha value is -2.20. The van der Waals surface area contributed by atoms with Crippen LogP contribution in [0, 0.1) is 6.92 Å². The third kappa shape index (κ3) is 3.03. The van der Waals surface area contributed by atoms with Crippen LogP contribution in [-0.4, -0.2) is 11.1 Å². The molecule has 0 amide bonds. The third-order valence-corrected chi connectivity index (χ3v) is 3.34. The maximum absolute atomic E-state index is 11.2. The molecule has 0 aromatic heterocycles. The summed E-state index contributed by atoms with van der Waals surface area (Å²) in [6, 6.07) is 10.2. The Kier molecular flexibility index (Phi) is 4.15. The van der Waals surface area contributed by atoms with Crippen LogP contribution < -0.4 is 10.5 Å². The number of ether oxygens (including phenoxy) is 1. The molecular weight excluding hydrogens is 278 g/mol. The maximum atomic E-state index is 11.2. The van der Waals surface area contributed by atoms with Crippen LogP contribution in [0.2, 0.25) is 5.02 Å². The summed E-state index contributed by atoms with van der Waals surface area (Å²) in [5.74, 6) is -0.431. The van der Waals surface area contributed by atoms with Crippen molar-refractivity contribution < 1.29 is 14.6 Å². The molecule has 0 bridgehead atoms. The van der Waals surface area contributed by atoms with Gasteiger partial charge in [-0.15, -0.1) is 0 Å². The van der Waals surface area contributed by atoms with Crippen molar-refractivity contribution in [2.24, 2.45) is 0 Å². The van der Waals surface area contributed by atoms with E-state index in [1.165, 1.54) is 0 Å². The molecule has 2 aromatic carbocycles. The summed E-state index contributed by atoms with van der Waals surface area (Å²) >= 11 is 5.94. The van der Waals surface area contributed by atoms with Crippen molar-refractivity contribution in [1.29, 1.82) is 0 Å². The molecule has 0 spiro atoms. The first-order chi connectivity index (χ1) is 9.49. The van der Waals surface area contributed by atoms with Gasteiger partial charge < -0.3 is 15.6 Å². The largest absolute Gasteiger partial charge is 0.489 e. The predicted octanol–water partition coefficient (Wildman–Crippen LogP) is 3.51. The van der Waals surface area contributed by atoms with Crippen molar-refractivity contribution >= 4 is 23.3 Å². The Morgan fingerprint density at radius 3 is 2.75 bits per heavy atom. The number of rotatable bonds is 4. The quantitative estimate of drug-likeness (QED) is 0.846. The lowest BCUT2D eigenvalue weighted by Crippen LogP contribution is -2.09. The van der Waals surface area contributed by atoms with Gasteiger partial charge in [0.15, 0.2) is 0 Å². The van der Waals surface area contributed by atoms with Gasteiger partial charge in [0.1, 0.15) is 12.4 Å². The molecule has 2 rings (SSSR count). The molecule has 104 valence electrons. The molecule has 0 radical (unpaired) electrons. The Labute approximate surface area is 121 Å². The number of carbonyl (C=O) groups is 1. The molecule has 20 heavy (non-hydrogen) atoms. The van der Waals surface area contributed by atoms with Crippen LogP contribution in [0.4, 0.5) is 5.69 Å². The highest BCUT2D eigenvalue weighted by Gasteiger charge is 2.14. The average Bonchev–Trinajstić information content (AvgIpc) is 2.39. The molecular formula is C15H14ClNO3. The maximum Gasteiger partial charge on any atom is 0.338 e. The SMILES string of the molecule is Cc1cc(OCc2cccc(N)c2C(=O)O)ccc1Cl. The number of nitrogens with two attached hydrogens (primary N) is 1. The van der Waals surface area contributed by atoms with Crippen LogP contribution >= 0.6 is 11.6 Å². The number of benzene rings is 2. The number of aryl methyl sites for hydroxylation is 1. The lowest BCUT2D eigenvalue weighted by atomic mass is 10.1. The summed E-state index contributed by atoms with van der Waals surface area (Å²) in [7, 11) is 0. The molecule has 4 nitrogen and oxygen atoms in total. The summed E-state index contributed by atoms with van der Waals surface area (Å²) in [5.41, 5.74) is 7.42. The lowest BCUT2D eigenvalue weighted by Gasteiger charge is -2.11. The first-order valence-corrected chi connectivity index (χ1v) is 6.36. The molecule has 3 N–H and O–H groups in total. The molecule has 0 saturated heterocycles. The minimum atomic E-state index is -1.06. The number of carboxylic acids is 1. The first kappa shape index (κ1) is 14.2. The average molecular weight is 292 g/mol. The van der Waals surface area contributed by atoms with Gasteiger partial charge in [0, 0.05) is 16.3 Å². The van der Waals surface area contributed by atoms with Gasteiger partial charge in [0.2, 0.25) is 0 Å². The number of halogens is 1. The normalized spacial score (nSPS) is 10.3. The molecule has 0 heterocycles. The fourth-order valence-corrected chi connectivity index (χ4v) is 1.99. The van der Waals surface area contributed by atoms with E-state index < -0.39 is 5.97 Å². The van der Waals surface area contributed by atoms with Gasteiger partial charge in [-0.25, -0.2) is 4.79 Å². The topological polar surface area (TPSA) is 72.5 Å².